The second-order valence-corrected chi connectivity index (χ2v) is 7.30. The van der Waals surface area contributed by atoms with Gasteiger partial charge in [-0.2, -0.15) is 0 Å². The molecule has 0 aromatic heterocycles. The van der Waals surface area contributed by atoms with Crippen LogP contribution in [0.15, 0.2) is 54.6 Å². The lowest BCUT2D eigenvalue weighted by Crippen LogP contribution is -1.97. The van der Waals surface area contributed by atoms with E-state index in [-0.39, 0.29) is 11.1 Å². The van der Waals surface area contributed by atoms with Crippen LogP contribution in [-0.4, -0.2) is 0 Å². The monoisotopic (exact) mass is 430 g/mol. The summed E-state index contributed by atoms with van der Waals surface area (Å²) in [5.74, 6) is -7.81. The van der Waals surface area contributed by atoms with Crippen LogP contribution in [0.5, 0.6) is 0 Å². The summed E-state index contributed by atoms with van der Waals surface area (Å²) in [5, 5.41) is 0.979. The standard InChI is InChI=1S/C25H16F6/c1-2-3-13-4-6-17-14(8-13)5-7-18(24(17)30)15-9-19(26)23(20(27)10-15)16-11-21(28)25(31)22(29)12-16/h4-12H,2-3H2,1H3. The first-order valence-corrected chi connectivity index (χ1v) is 9.65. The first kappa shape index (κ1) is 21.0. The van der Waals surface area contributed by atoms with Gasteiger partial charge in [0, 0.05) is 10.9 Å². The highest BCUT2D eigenvalue weighted by molar-refractivity contribution is 5.89. The molecular weight excluding hydrogens is 414 g/mol. The molecule has 0 fully saturated rings. The molecule has 0 bridgehead atoms. The first-order chi connectivity index (χ1) is 14.8. The summed E-state index contributed by atoms with van der Waals surface area (Å²) in [6.45, 7) is 2.04. The zero-order valence-electron chi connectivity index (χ0n) is 16.4. The zero-order chi connectivity index (χ0) is 22.3. The summed E-state index contributed by atoms with van der Waals surface area (Å²) in [6, 6.07) is 11.2. The van der Waals surface area contributed by atoms with Crippen molar-refractivity contribution in [1.29, 1.82) is 0 Å². The third kappa shape index (κ3) is 3.78. The van der Waals surface area contributed by atoms with Crippen molar-refractivity contribution in [2.75, 3.05) is 0 Å². The van der Waals surface area contributed by atoms with E-state index in [1.165, 1.54) is 6.07 Å². The zero-order valence-corrected chi connectivity index (χ0v) is 16.4. The highest BCUT2D eigenvalue weighted by Gasteiger charge is 2.20. The number of hydrogen-bond acceptors (Lipinski definition) is 0. The number of hydrogen-bond donors (Lipinski definition) is 0. The Balaban J connectivity index is 1.82. The Morgan fingerprint density at radius 2 is 1.23 bits per heavy atom. The van der Waals surface area contributed by atoms with Crippen LogP contribution in [0.3, 0.4) is 0 Å². The van der Waals surface area contributed by atoms with E-state index in [9.17, 15) is 22.0 Å². The normalized spacial score (nSPS) is 11.3. The van der Waals surface area contributed by atoms with Gasteiger partial charge in [-0.05, 0) is 52.8 Å². The van der Waals surface area contributed by atoms with Crippen LogP contribution in [0.4, 0.5) is 26.3 Å². The Kier molecular flexibility index (Phi) is 5.48. The van der Waals surface area contributed by atoms with Crippen molar-refractivity contribution in [3.8, 4) is 22.3 Å². The molecule has 0 amide bonds. The Morgan fingerprint density at radius 1 is 0.613 bits per heavy atom. The summed E-state index contributed by atoms with van der Waals surface area (Å²) >= 11 is 0. The summed E-state index contributed by atoms with van der Waals surface area (Å²) in [4.78, 5) is 0. The van der Waals surface area contributed by atoms with Crippen molar-refractivity contribution in [2.45, 2.75) is 19.8 Å². The molecule has 0 aliphatic rings. The molecule has 0 atom stereocenters. The molecule has 0 heterocycles. The number of benzene rings is 4. The van der Waals surface area contributed by atoms with E-state index in [1.54, 1.807) is 18.2 Å². The summed E-state index contributed by atoms with van der Waals surface area (Å²) in [6.07, 6.45) is 1.79. The average molecular weight is 430 g/mol. The molecule has 0 nitrogen and oxygen atoms in total. The maximum Gasteiger partial charge on any atom is 0.194 e. The third-order valence-electron chi connectivity index (χ3n) is 5.18. The van der Waals surface area contributed by atoms with Gasteiger partial charge >= 0.3 is 0 Å². The fourth-order valence-corrected chi connectivity index (χ4v) is 3.71. The molecule has 0 N–H and O–H groups in total. The van der Waals surface area contributed by atoms with Crippen LogP contribution in [0.25, 0.3) is 33.0 Å². The molecule has 4 aromatic carbocycles. The number of fused-ring (bicyclic) bond motifs is 1. The third-order valence-corrected chi connectivity index (χ3v) is 5.18. The Hall–Kier alpha value is -3.28. The van der Waals surface area contributed by atoms with Gasteiger partial charge in [-0.1, -0.05) is 43.7 Å². The van der Waals surface area contributed by atoms with Gasteiger partial charge in [-0.3, -0.25) is 0 Å². The van der Waals surface area contributed by atoms with Crippen molar-refractivity contribution in [3.63, 3.8) is 0 Å². The van der Waals surface area contributed by atoms with Gasteiger partial charge in [0.2, 0.25) is 0 Å². The van der Waals surface area contributed by atoms with E-state index in [1.807, 2.05) is 13.0 Å². The van der Waals surface area contributed by atoms with E-state index in [2.05, 4.69) is 0 Å². The molecule has 0 radical (unpaired) electrons. The van der Waals surface area contributed by atoms with Crippen LogP contribution >= 0.6 is 0 Å². The SMILES string of the molecule is CCCc1ccc2c(F)c(-c3cc(F)c(-c4cc(F)c(F)c(F)c4)c(F)c3)ccc2c1. The summed E-state index contributed by atoms with van der Waals surface area (Å²) in [5.41, 5.74) is -0.259. The van der Waals surface area contributed by atoms with Gasteiger partial charge < -0.3 is 0 Å². The fourth-order valence-electron chi connectivity index (χ4n) is 3.71. The van der Waals surface area contributed by atoms with Crippen molar-refractivity contribution in [3.05, 3.63) is 95.1 Å². The minimum absolute atomic E-state index is 0.0171. The molecule has 31 heavy (non-hydrogen) atoms. The van der Waals surface area contributed by atoms with E-state index < -0.39 is 46.0 Å². The lowest BCUT2D eigenvalue weighted by molar-refractivity contribution is 0.447. The molecule has 0 saturated carbocycles. The highest BCUT2D eigenvalue weighted by Crippen LogP contribution is 2.35. The molecule has 0 aliphatic heterocycles. The van der Waals surface area contributed by atoms with Gasteiger partial charge in [0.1, 0.15) is 17.5 Å². The maximum atomic E-state index is 15.1. The van der Waals surface area contributed by atoms with Crippen molar-refractivity contribution < 1.29 is 26.3 Å². The van der Waals surface area contributed by atoms with Gasteiger partial charge in [0.25, 0.3) is 0 Å². The molecule has 6 heteroatoms. The van der Waals surface area contributed by atoms with Gasteiger partial charge in [-0.25, -0.2) is 26.3 Å². The van der Waals surface area contributed by atoms with E-state index in [4.69, 9.17) is 0 Å². The maximum absolute atomic E-state index is 15.1. The highest BCUT2D eigenvalue weighted by atomic mass is 19.2. The lowest BCUT2D eigenvalue weighted by Gasteiger charge is -2.12. The molecule has 0 saturated heterocycles. The minimum atomic E-state index is -1.73. The lowest BCUT2D eigenvalue weighted by atomic mass is 9.95. The van der Waals surface area contributed by atoms with Gasteiger partial charge in [0.05, 0.1) is 5.56 Å². The minimum Gasteiger partial charge on any atom is -0.206 e. The number of aryl methyl sites for hydroxylation is 1. The van der Waals surface area contributed by atoms with E-state index in [0.29, 0.717) is 22.9 Å². The smallest absolute Gasteiger partial charge is 0.194 e. The summed E-state index contributed by atoms with van der Waals surface area (Å²) in [7, 11) is 0. The quantitative estimate of drug-likeness (QED) is 0.228. The molecule has 158 valence electrons. The Labute approximate surface area is 174 Å². The second-order valence-electron chi connectivity index (χ2n) is 7.30. The molecular formula is C25H16F6. The topological polar surface area (TPSA) is 0 Å². The predicted octanol–water partition coefficient (Wildman–Crippen LogP) is 7.96. The van der Waals surface area contributed by atoms with Crippen LogP contribution in [0.2, 0.25) is 0 Å². The number of rotatable bonds is 4. The van der Waals surface area contributed by atoms with Crippen LogP contribution in [0.1, 0.15) is 18.9 Å². The molecule has 4 aromatic rings. The van der Waals surface area contributed by atoms with Crippen LogP contribution in [-0.2, 0) is 6.42 Å². The van der Waals surface area contributed by atoms with Crippen molar-refractivity contribution in [1.82, 2.24) is 0 Å². The fraction of sp³-hybridized carbons (Fsp3) is 0.120. The molecule has 0 unspecified atom stereocenters. The van der Waals surface area contributed by atoms with Crippen molar-refractivity contribution >= 4 is 10.8 Å². The predicted molar refractivity (Wildman–Crippen MR) is 109 cm³/mol. The van der Waals surface area contributed by atoms with Gasteiger partial charge in [-0.15, -0.1) is 0 Å². The second kappa shape index (κ2) is 8.10. The molecule has 0 spiro atoms. The van der Waals surface area contributed by atoms with Crippen LogP contribution in [0, 0.1) is 34.9 Å². The molecule has 0 aliphatic carbocycles. The van der Waals surface area contributed by atoms with E-state index >= 15 is 4.39 Å². The number of halogens is 6. The Bertz CT molecular complexity index is 1260. The largest absolute Gasteiger partial charge is 0.206 e. The Morgan fingerprint density at radius 3 is 1.84 bits per heavy atom. The molecule has 4 rings (SSSR count). The van der Waals surface area contributed by atoms with Crippen molar-refractivity contribution in [2.24, 2.45) is 0 Å². The first-order valence-electron chi connectivity index (χ1n) is 9.65. The van der Waals surface area contributed by atoms with Crippen LogP contribution < -0.4 is 0 Å². The van der Waals surface area contributed by atoms with E-state index in [0.717, 1.165) is 30.5 Å². The van der Waals surface area contributed by atoms with Gasteiger partial charge in [0.15, 0.2) is 17.5 Å². The average Bonchev–Trinajstić information content (AvgIpc) is 2.72. The summed E-state index contributed by atoms with van der Waals surface area (Å²) < 4.78 is 84.8.